The van der Waals surface area contributed by atoms with Gasteiger partial charge in [0.1, 0.15) is 0 Å². The molecule has 0 nitrogen and oxygen atoms in total. The van der Waals surface area contributed by atoms with Gasteiger partial charge in [0, 0.05) is 0 Å². The van der Waals surface area contributed by atoms with E-state index < -0.39 is 8.07 Å². The molecule has 0 N–H and O–H groups in total. The number of fused-ring (bicyclic) bond motifs is 1. The molecule has 3 unspecified atom stereocenters. The van der Waals surface area contributed by atoms with Crippen molar-refractivity contribution in [3.05, 3.63) is 30.3 Å². The summed E-state index contributed by atoms with van der Waals surface area (Å²) in [7, 11) is -1.25. The first-order chi connectivity index (χ1) is 8.69. The lowest BCUT2D eigenvalue weighted by atomic mass is 9.82. The van der Waals surface area contributed by atoms with Crippen molar-refractivity contribution < 1.29 is 0 Å². The van der Waals surface area contributed by atoms with Crippen LogP contribution in [0.4, 0.5) is 0 Å². The van der Waals surface area contributed by atoms with Crippen LogP contribution in [0.2, 0.25) is 18.6 Å². The van der Waals surface area contributed by atoms with Crippen molar-refractivity contribution in [3.63, 3.8) is 0 Å². The van der Waals surface area contributed by atoms with E-state index in [-0.39, 0.29) is 0 Å². The predicted octanol–water partition coefficient (Wildman–Crippen LogP) is 4.57. The number of benzene rings is 1. The maximum atomic E-state index is 2.62. The second-order valence-electron chi connectivity index (χ2n) is 6.98. The molecule has 0 amide bonds. The third-order valence-corrected chi connectivity index (χ3v) is 10.2. The van der Waals surface area contributed by atoms with Crippen LogP contribution >= 0.6 is 0 Å². The molecule has 0 spiro atoms. The normalized spacial score (nSPS) is 32.2. The first-order valence-corrected chi connectivity index (χ1v) is 10.8. The minimum absolute atomic E-state index is 1.05. The molecule has 0 radical (unpaired) electrons. The van der Waals surface area contributed by atoms with Crippen molar-refractivity contribution in [1.82, 2.24) is 0 Å². The van der Waals surface area contributed by atoms with E-state index in [1.165, 1.54) is 38.5 Å². The van der Waals surface area contributed by atoms with E-state index in [4.69, 9.17) is 0 Å². The van der Waals surface area contributed by atoms with E-state index in [9.17, 15) is 0 Å². The number of rotatable bonds is 2. The van der Waals surface area contributed by atoms with Gasteiger partial charge >= 0.3 is 0 Å². The lowest BCUT2D eigenvalue weighted by Crippen LogP contribution is -2.47. The first kappa shape index (κ1) is 12.5. The smallest absolute Gasteiger partial charge is 0.0652 e. The van der Waals surface area contributed by atoms with Gasteiger partial charge in [0.25, 0.3) is 0 Å². The van der Waals surface area contributed by atoms with Gasteiger partial charge in [0.15, 0.2) is 0 Å². The van der Waals surface area contributed by atoms with E-state index in [0.29, 0.717) is 0 Å². The Bertz CT molecular complexity index is 395. The molecule has 0 aromatic heterocycles. The Kier molecular flexibility index (Phi) is 3.36. The Balaban J connectivity index is 1.85. The van der Waals surface area contributed by atoms with Gasteiger partial charge in [-0.05, 0) is 17.4 Å². The Labute approximate surface area is 113 Å². The standard InChI is InChI=1S/C17H26Si/c1-18(2,15-9-4-3-5-10-15)17-13-12-14-8-6-7-11-16(14)17/h3-5,9-10,14,16-17H,6-8,11-13H2,1-2H3. The van der Waals surface area contributed by atoms with Gasteiger partial charge in [-0.3, -0.25) is 0 Å². The fourth-order valence-electron chi connectivity index (χ4n) is 4.71. The molecule has 2 aliphatic carbocycles. The monoisotopic (exact) mass is 258 g/mol. The largest absolute Gasteiger partial charge is 0.0839 e. The summed E-state index contributed by atoms with van der Waals surface area (Å²) in [5.74, 6) is 2.15. The van der Waals surface area contributed by atoms with Crippen molar-refractivity contribution in [2.45, 2.75) is 57.2 Å². The van der Waals surface area contributed by atoms with E-state index in [2.05, 4.69) is 43.4 Å². The van der Waals surface area contributed by atoms with Crippen LogP contribution in [0.1, 0.15) is 38.5 Å². The fourth-order valence-corrected chi connectivity index (χ4v) is 8.59. The quantitative estimate of drug-likeness (QED) is 0.682. The molecule has 0 bridgehead atoms. The van der Waals surface area contributed by atoms with E-state index in [0.717, 1.165) is 17.4 Å². The molecule has 2 saturated carbocycles. The van der Waals surface area contributed by atoms with E-state index in [1.807, 2.05) is 0 Å². The van der Waals surface area contributed by atoms with Crippen LogP contribution in [0.5, 0.6) is 0 Å². The summed E-state index contributed by atoms with van der Waals surface area (Å²) in [5, 5.41) is 1.68. The molecule has 2 aliphatic rings. The highest BCUT2D eigenvalue weighted by molar-refractivity contribution is 6.91. The van der Waals surface area contributed by atoms with Crippen LogP contribution in [-0.4, -0.2) is 8.07 Å². The summed E-state index contributed by atoms with van der Waals surface area (Å²) in [6.45, 7) is 5.23. The highest BCUT2D eigenvalue weighted by Gasteiger charge is 2.46. The Morgan fingerprint density at radius 1 is 0.889 bits per heavy atom. The second kappa shape index (κ2) is 4.84. The SMILES string of the molecule is C[Si](C)(c1ccccc1)C1CCC2CCCCC21. The van der Waals surface area contributed by atoms with Gasteiger partial charge in [-0.2, -0.15) is 0 Å². The van der Waals surface area contributed by atoms with Gasteiger partial charge < -0.3 is 0 Å². The molecule has 0 saturated heterocycles. The number of hydrogen-bond donors (Lipinski definition) is 0. The van der Waals surface area contributed by atoms with Crippen molar-refractivity contribution in [2.75, 3.05) is 0 Å². The molecule has 18 heavy (non-hydrogen) atoms. The summed E-state index contributed by atoms with van der Waals surface area (Å²) >= 11 is 0. The lowest BCUT2D eigenvalue weighted by Gasteiger charge is -2.38. The zero-order chi connectivity index (χ0) is 12.6. The van der Waals surface area contributed by atoms with Crippen molar-refractivity contribution in [2.24, 2.45) is 11.8 Å². The Morgan fingerprint density at radius 3 is 2.39 bits per heavy atom. The first-order valence-electron chi connectivity index (χ1n) is 7.75. The summed E-state index contributed by atoms with van der Waals surface area (Å²) in [5.41, 5.74) is 1.05. The topological polar surface area (TPSA) is 0 Å². The summed E-state index contributed by atoms with van der Waals surface area (Å²) in [6, 6.07) is 11.4. The lowest BCUT2D eigenvalue weighted by molar-refractivity contribution is 0.275. The molecule has 3 rings (SSSR count). The maximum Gasteiger partial charge on any atom is 0.0839 e. The van der Waals surface area contributed by atoms with Crippen LogP contribution in [0.25, 0.3) is 0 Å². The van der Waals surface area contributed by atoms with Crippen molar-refractivity contribution in [1.29, 1.82) is 0 Å². The summed E-state index contributed by atoms with van der Waals surface area (Å²) < 4.78 is 0. The molecule has 1 heteroatoms. The van der Waals surface area contributed by atoms with Crippen LogP contribution < -0.4 is 5.19 Å². The Hall–Kier alpha value is -0.563. The zero-order valence-corrected chi connectivity index (χ0v) is 12.9. The minimum Gasteiger partial charge on any atom is -0.0652 e. The maximum absolute atomic E-state index is 2.62. The second-order valence-corrected chi connectivity index (χ2v) is 11.7. The fraction of sp³-hybridized carbons (Fsp3) is 0.647. The highest BCUT2D eigenvalue weighted by atomic mass is 28.3. The van der Waals surface area contributed by atoms with Crippen LogP contribution in [0.3, 0.4) is 0 Å². The van der Waals surface area contributed by atoms with Crippen molar-refractivity contribution >= 4 is 13.3 Å². The van der Waals surface area contributed by atoms with Crippen LogP contribution in [0.15, 0.2) is 30.3 Å². The molecule has 2 fully saturated rings. The summed E-state index contributed by atoms with van der Waals surface area (Å²) in [6.07, 6.45) is 9.10. The average Bonchev–Trinajstić information content (AvgIpc) is 2.84. The average molecular weight is 258 g/mol. The predicted molar refractivity (Wildman–Crippen MR) is 82.0 cm³/mol. The third-order valence-electron chi connectivity index (χ3n) is 5.78. The molecular weight excluding hydrogens is 232 g/mol. The molecule has 3 atom stereocenters. The molecular formula is C17H26Si. The van der Waals surface area contributed by atoms with E-state index >= 15 is 0 Å². The molecule has 1 aromatic rings. The minimum atomic E-state index is -1.25. The zero-order valence-electron chi connectivity index (χ0n) is 11.9. The molecule has 0 aliphatic heterocycles. The van der Waals surface area contributed by atoms with E-state index in [1.54, 1.807) is 5.19 Å². The van der Waals surface area contributed by atoms with Gasteiger partial charge in [-0.1, -0.05) is 87.1 Å². The molecule has 0 heterocycles. The number of hydrogen-bond acceptors (Lipinski definition) is 0. The van der Waals surface area contributed by atoms with Gasteiger partial charge in [-0.25, -0.2) is 0 Å². The van der Waals surface area contributed by atoms with Crippen LogP contribution in [0, 0.1) is 11.8 Å². The molecule has 98 valence electrons. The van der Waals surface area contributed by atoms with Crippen LogP contribution in [-0.2, 0) is 0 Å². The highest BCUT2D eigenvalue weighted by Crippen LogP contribution is 2.52. The Morgan fingerprint density at radius 2 is 1.61 bits per heavy atom. The molecule has 1 aromatic carbocycles. The third kappa shape index (κ3) is 2.07. The van der Waals surface area contributed by atoms with Gasteiger partial charge in [-0.15, -0.1) is 0 Å². The van der Waals surface area contributed by atoms with Gasteiger partial charge in [0.05, 0.1) is 8.07 Å². The summed E-state index contributed by atoms with van der Waals surface area (Å²) in [4.78, 5) is 0. The van der Waals surface area contributed by atoms with Gasteiger partial charge in [0.2, 0.25) is 0 Å². The van der Waals surface area contributed by atoms with Crippen molar-refractivity contribution in [3.8, 4) is 0 Å².